The molecule has 4 nitrogen and oxygen atoms in total. The molecule has 0 N–H and O–H groups in total. The summed E-state index contributed by atoms with van der Waals surface area (Å²) in [5, 5.41) is 0. The first-order valence-corrected chi connectivity index (χ1v) is 11.7. The Kier molecular flexibility index (Phi) is 6.74. The average Bonchev–Trinajstić information content (AvgIpc) is 3.09. The number of carbonyl (C=O) groups excluding carboxylic acids is 1. The van der Waals surface area contributed by atoms with Crippen molar-refractivity contribution in [2.24, 2.45) is 4.99 Å². The lowest BCUT2D eigenvalue weighted by atomic mass is 10.1. The van der Waals surface area contributed by atoms with Gasteiger partial charge in [0.25, 0.3) is 0 Å². The highest BCUT2D eigenvalue weighted by Crippen LogP contribution is 2.36. The van der Waals surface area contributed by atoms with Crippen LogP contribution in [0.4, 0.5) is 0 Å². The van der Waals surface area contributed by atoms with Gasteiger partial charge in [-0.05, 0) is 80.3 Å². The van der Waals surface area contributed by atoms with Crippen LogP contribution in [0.3, 0.4) is 0 Å². The number of cyclic esters (lactones) is 1. The SMILES string of the molecule is Cc1ccccc1C1=N/C(=C\c2cc(Br)c(OCc3ccccc3Br)c(Br)c2)C(=O)O1. The fourth-order valence-electron chi connectivity index (χ4n) is 3.06. The molecule has 0 spiro atoms. The van der Waals surface area contributed by atoms with Crippen molar-refractivity contribution in [3.63, 3.8) is 0 Å². The Labute approximate surface area is 205 Å². The number of rotatable bonds is 5. The number of carbonyl (C=O) groups is 1. The van der Waals surface area contributed by atoms with Crippen LogP contribution in [0.2, 0.25) is 0 Å². The third kappa shape index (κ3) is 5.00. The molecule has 0 saturated carbocycles. The van der Waals surface area contributed by atoms with E-state index in [4.69, 9.17) is 9.47 Å². The Balaban J connectivity index is 1.58. The summed E-state index contributed by atoms with van der Waals surface area (Å²) in [6, 6.07) is 19.3. The van der Waals surface area contributed by atoms with Gasteiger partial charge in [-0.15, -0.1) is 0 Å². The number of aryl methyl sites for hydroxylation is 1. The van der Waals surface area contributed by atoms with Gasteiger partial charge in [0.1, 0.15) is 12.4 Å². The largest absolute Gasteiger partial charge is 0.486 e. The summed E-state index contributed by atoms with van der Waals surface area (Å²) < 4.78 is 13.9. The molecule has 0 amide bonds. The Hall–Kier alpha value is -2.22. The third-order valence-corrected chi connectivity index (χ3v) is 6.60. The highest BCUT2D eigenvalue weighted by Gasteiger charge is 2.25. The second-order valence-electron chi connectivity index (χ2n) is 6.84. The highest BCUT2D eigenvalue weighted by molar-refractivity contribution is 9.11. The molecule has 1 aliphatic rings. The molecular weight excluding hydrogens is 590 g/mol. The van der Waals surface area contributed by atoms with Crippen LogP contribution in [0.1, 0.15) is 22.3 Å². The van der Waals surface area contributed by atoms with Gasteiger partial charge in [-0.2, -0.15) is 0 Å². The van der Waals surface area contributed by atoms with E-state index in [1.54, 1.807) is 6.08 Å². The second-order valence-corrected chi connectivity index (χ2v) is 9.41. The van der Waals surface area contributed by atoms with Crippen LogP contribution >= 0.6 is 47.8 Å². The monoisotopic (exact) mass is 603 g/mol. The summed E-state index contributed by atoms with van der Waals surface area (Å²) >= 11 is 10.7. The number of ether oxygens (including phenoxy) is 2. The van der Waals surface area contributed by atoms with Crippen molar-refractivity contribution in [1.82, 2.24) is 0 Å². The van der Waals surface area contributed by atoms with Crippen LogP contribution in [-0.4, -0.2) is 11.9 Å². The first kappa shape index (κ1) is 22.0. The Bertz CT molecular complexity index is 1210. The predicted molar refractivity (Wildman–Crippen MR) is 132 cm³/mol. The zero-order chi connectivity index (χ0) is 22.0. The molecule has 0 bridgehead atoms. The van der Waals surface area contributed by atoms with E-state index < -0.39 is 5.97 Å². The number of hydrogen-bond donors (Lipinski definition) is 0. The second kappa shape index (κ2) is 9.51. The van der Waals surface area contributed by atoms with E-state index in [9.17, 15) is 4.79 Å². The van der Waals surface area contributed by atoms with Crippen LogP contribution in [0.5, 0.6) is 5.75 Å². The first-order valence-electron chi connectivity index (χ1n) is 9.36. The van der Waals surface area contributed by atoms with Crippen LogP contribution in [-0.2, 0) is 16.1 Å². The summed E-state index contributed by atoms with van der Waals surface area (Å²) in [5.41, 5.74) is 3.87. The van der Waals surface area contributed by atoms with Gasteiger partial charge in [0.2, 0.25) is 5.90 Å². The lowest BCUT2D eigenvalue weighted by Crippen LogP contribution is -2.06. The van der Waals surface area contributed by atoms with Gasteiger partial charge in [-0.3, -0.25) is 0 Å². The highest BCUT2D eigenvalue weighted by atomic mass is 79.9. The first-order chi connectivity index (χ1) is 14.9. The zero-order valence-corrected chi connectivity index (χ0v) is 21.1. The van der Waals surface area contributed by atoms with Crippen LogP contribution in [0, 0.1) is 6.92 Å². The van der Waals surface area contributed by atoms with E-state index in [-0.39, 0.29) is 5.70 Å². The van der Waals surface area contributed by atoms with E-state index in [0.29, 0.717) is 18.3 Å². The third-order valence-electron chi connectivity index (χ3n) is 4.65. The maximum Gasteiger partial charge on any atom is 0.363 e. The van der Waals surface area contributed by atoms with Crippen LogP contribution in [0.15, 0.2) is 84.8 Å². The minimum absolute atomic E-state index is 0.249. The van der Waals surface area contributed by atoms with E-state index >= 15 is 0 Å². The summed E-state index contributed by atoms with van der Waals surface area (Å²) in [4.78, 5) is 16.7. The number of nitrogens with zero attached hydrogens (tertiary/aromatic N) is 1. The van der Waals surface area contributed by atoms with Crippen molar-refractivity contribution < 1.29 is 14.3 Å². The summed E-state index contributed by atoms with van der Waals surface area (Å²) in [7, 11) is 0. The number of hydrogen-bond acceptors (Lipinski definition) is 4. The molecule has 0 saturated heterocycles. The van der Waals surface area contributed by atoms with Gasteiger partial charge in [-0.25, -0.2) is 9.79 Å². The fourth-order valence-corrected chi connectivity index (χ4v) is 4.91. The van der Waals surface area contributed by atoms with Gasteiger partial charge in [0, 0.05) is 15.6 Å². The summed E-state index contributed by atoms with van der Waals surface area (Å²) in [6.45, 7) is 2.36. The zero-order valence-electron chi connectivity index (χ0n) is 16.4. The van der Waals surface area contributed by atoms with Gasteiger partial charge in [0.15, 0.2) is 5.70 Å². The fraction of sp³-hybridized carbons (Fsp3) is 0.0833. The molecule has 0 fully saturated rings. The maximum atomic E-state index is 12.3. The van der Waals surface area contributed by atoms with E-state index in [1.807, 2.05) is 67.6 Å². The topological polar surface area (TPSA) is 47.9 Å². The van der Waals surface area contributed by atoms with Crippen LogP contribution in [0.25, 0.3) is 6.08 Å². The summed E-state index contributed by atoms with van der Waals surface area (Å²) in [6.07, 6.45) is 1.70. The van der Waals surface area contributed by atoms with Crippen molar-refractivity contribution in [1.29, 1.82) is 0 Å². The van der Waals surface area contributed by atoms with Gasteiger partial charge in [0.05, 0.1) is 8.95 Å². The number of benzene rings is 3. The van der Waals surface area contributed by atoms with Gasteiger partial charge < -0.3 is 9.47 Å². The molecule has 0 aliphatic carbocycles. The molecule has 0 radical (unpaired) electrons. The number of halogens is 3. The van der Waals surface area contributed by atoms with Crippen LogP contribution < -0.4 is 4.74 Å². The van der Waals surface area contributed by atoms with Gasteiger partial charge in [-0.1, -0.05) is 52.3 Å². The van der Waals surface area contributed by atoms with Crippen molar-refractivity contribution in [3.8, 4) is 5.75 Å². The van der Waals surface area contributed by atoms with E-state index in [0.717, 1.165) is 35.7 Å². The van der Waals surface area contributed by atoms with Crippen molar-refractivity contribution >= 4 is 65.7 Å². The molecule has 3 aromatic rings. The molecule has 0 atom stereocenters. The molecule has 7 heteroatoms. The minimum Gasteiger partial charge on any atom is -0.486 e. The van der Waals surface area contributed by atoms with E-state index in [2.05, 4.69) is 52.8 Å². The minimum atomic E-state index is -0.472. The van der Waals surface area contributed by atoms with E-state index in [1.165, 1.54) is 0 Å². The van der Waals surface area contributed by atoms with Crippen molar-refractivity contribution in [2.45, 2.75) is 13.5 Å². The number of aliphatic imine (C=N–C) groups is 1. The smallest absolute Gasteiger partial charge is 0.363 e. The maximum absolute atomic E-state index is 12.3. The predicted octanol–water partition coefficient (Wildman–Crippen LogP) is 7.21. The number of esters is 1. The molecule has 0 unspecified atom stereocenters. The molecule has 3 aromatic carbocycles. The lowest BCUT2D eigenvalue weighted by molar-refractivity contribution is -0.129. The summed E-state index contributed by atoms with van der Waals surface area (Å²) in [5.74, 6) is 0.525. The standard InChI is InChI=1S/C24H16Br3NO3/c1-14-6-2-4-8-17(14)23-28-21(24(29)31-23)12-15-10-19(26)22(20(27)11-15)30-13-16-7-3-5-9-18(16)25/h2-12H,13H2,1H3/b21-12-. The normalized spacial score (nSPS) is 14.5. The Morgan fingerprint density at radius 3 is 2.35 bits per heavy atom. The molecule has 1 heterocycles. The molecule has 4 rings (SSSR count). The molecule has 1 aliphatic heterocycles. The van der Waals surface area contributed by atoms with Crippen molar-refractivity contribution in [2.75, 3.05) is 0 Å². The lowest BCUT2D eigenvalue weighted by Gasteiger charge is -2.12. The Morgan fingerprint density at radius 1 is 0.968 bits per heavy atom. The molecule has 31 heavy (non-hydrogen) atoms. The average molecular weight is 606 g/mol. The Morgan fingerprint density at radius 2 is 1.65 bits per heavy atom. The molecule has 156 valence electrons. The molecular formula is C24H16Br3NO3. The molecule has 0 aromatic heterocycles. The van der Waals surface area contributed by atoms with Crippen molar-refractivity contribution in [3.05, 3.63) is 102 Å². The quantitative estimate of drug-likeness (QED) is 0.228. The van der Waals surface area contributed by atoms with Gasteiger partial charge >= 0.3 is 5.97 Å².